The van der Waals surface area contributed by atoms with Crippen molar-refractivity contribution in [1.82, 2.24) is 4.48 Å². The summed E-state index contributed by atoms with van der Waals surface area (Å²) in [5, 5.41) is 0. The number of alkyl halides is 6. The van der Waals surface area contributed by atoms with Gasteiger partial charge in [-0.1, -0.05) is 186 Å². The standard InChI is InChI=1S/C63H71BF6N2O4/c1-58(2,3)44-26-18-40(19-27-44)48-34-50(42-22-30-46(31-23-42)60(7,8)9)71-56(48)55(54-52(73-13)16-15-17-53(54)74-14)57-49(41-20-28-45(29-21-41)59(4,5)6)35-51(43-24-32-47(33-25-43)61(10,11)12)72(57)64(75-38-62(67,68)36-65)76-39-63(69,70)37-66/h15-35H,36-39H2,1-14H3/b56-55-. The summed E-state index contributed by atoms with van der Waals surface area (Å²) in [7, 11) is 0.834. The first-order chi connectivity index (χ1) is 35.5. The molecule has 1 aliphatic heterocycles. The smallest absolute Gasteiger partial charge is 0.496 e. The van der Waals surface area contributed by atoms with Gasteiger partial charge in [-0.3, -0.25) is 0 Å². The topological polar surface area (TPSA) is 54.2 Å². The molecule has 0 amide bonds. The highest BCUT2D eigenvalue weighted by Crippen LogP contribution is 2.50. The average molecular weight is 1050 g/mol. The van der Waals surface area contributed by atoms with E-state index in [0.29, 0.717) is 56.3 Å². The molecule has 6 aromatic rings. The van der Waals surface area contributed by atoms with Crippen molar-refractivity contribution in [1.29, 1.82) is 0 Å². The van der Waals surface area contributed by atoms with Crippen molar-refractivity contribution < 1.29 is 45.1 Å². The molecular formula is C63H71BF6N2O4. The predicted octanol–water partition coefficient (Wildman–Crippen LogP) is 16.5. The van der Waals surface area contributed by atoms with E-state index < -0.39 is 45.7 Å². The lowest BCUT2D eigenvalue weighted by molar-refractivity contribution is -0.0824. The second-order valence-electron chi connectivity index (χ2n) is 23.7. The van der Waals surface area contributed by atoms with Crippen LogP contribution in [-0.4, -0.2) is 70.1 Å². The van der Waals surface area contributed by atoms with Gasteiger partial charge in [0.1, 0.15) is 11.5 Å². The quantitative estimate of drug-likeness (QED) is 0.0675. The first-order valence-corrected chi connectivity index (χ1v) is 25.6. The number of benzene rings is 5. The van der Waals surface area contributed by atoms with Crippen LogP contribution in [0.25, 0.3) is 33.5 Å². The SMILES string of the molecule is COc1cccc(OC)c1/C(=C1/N=C(c2ccc(C(C)(C)C)cc2)C=C1c1ccc(C(C)(C)C)cc1)c1c(-c2ccc(C(C)(C)C)cc2)cc(-c2ccc(C(C)(C)C)cc2)n1B(OCC(F)(F)CF)OCC(F)(F)CF. The number of aromatic nitrogens is 1. The maximum atomic E-state index is 15.3. The second-order valence-corrected chi connectivity index (χ2v) is 23.7. The fraction of sp³-hybridized carbons (Fsp3) is 0.381. The summed E-state index contributed by atoms with van der Waals surface area (Å²) in [4.78, 5) is 5.54. The second kappa shape index (κ2) is 22.0. The molecule has 0 radical (unpaired) electrons. The number of aliphatic imine (C=N–C) groups is 1. The Morgan fingerprint density at radius 1 is 0.513 bits per heavy atom. The molecule has 1 aliphatic rings. The molecule has 0 N–H and O–H groups in total. The van der Waals surface area contributed by atoms with Crippen molar-refractivity contribution in [2.24, 2.45) is 4.99 Å². The first-order valence-electron chi connectivity index (χ1n) is 25.6. The van der Waals surface area contributed by atoms with E-state index in [2.05, 4.69) is 107 Å². The number of nitrogens with zero attached hydrogens (tertiary/aromatic N) is 2. The Morgan fingerprint density at radius 2 is 0.895 bits per heavy atom. The molecule has 0 bridgehead atoms. The molecule has 0 saturated heterocycles. The van der Waals surface area contributed by atoms with Gasteiger partial charge in [-0.05, 0) is 84.9 Å². The van der Waals surface area contributed by atoms with Crippen molar-refractivity contribution in [3.05, 3.63) is 178 Å². The summed E-state index contributed by atoms with van der Waals surface area (Å²) in [5.74, 6) is -7.53. The molecule has 1 aromatic heterocycles. The number of halogens is 6. The summed E-state index contributed by atoms with van der Waals surface area (Å²) in [6.07, 6.45) is 1.99. The lowest BCUT2D eigenvalue weighted by atomic mass is 9.84. The minimum absolute atomic E-state index is 0.148. The molecule has 0 aliphatic carbocycles. The Labute approximate surface area is 446 Å². The molecule has 76 heavy (non-hydrogen) atoms. The van der Waals surface area contributed by atoms with Gasteiger partial charge in [0.05, 0.1) is 50.1 Å². The molecule has 402 valence electrons. The predicted molar refractivity (Wildman–Crippen MR) is 298 cm³/mol. The Kier molecular flexibility index (Phi) is 16.6. The van der Waals surface area contributed by atoms with Gasteiger partial charge >= 0.3 is 7.25 Å². The van der Waals surface area contributed by atoms with Gasteiger partial charge in [0.2, 0.25) is 0 Å². The van der Waals surface area contributed by atoms with E-state index >= 15 is 17.6 Å². The Bertz CT molecular complexity index is 3050. The van der Waals surface area contributed by atoms with Gasteiger partial charge in [-0.2, -0.15) is 0 Å². The summed E-state index contributed by atoms with van der Waals surface area (Å²) >= 11 is 0. The van der Waals surface area contributed by atoms with Crippen LogP contribution in [0.1, 0.15) is 128 Å². The normalized spacial score (nSPS) is 14.4. The molecular weight excluding hydrogens is 974 g/mol. The summed E-state index contributed by atoms with van der Waals surface area (Å²) in [6.45, 7) is 17.8. The van der Waals surface area contributed by atoms with E-state index in [-0.39, 0.29) is 33.0 Å². The van der Waals surface area contributed by atoms with Crippen LogP contribution in [0.4, 0.5) is 26.3 Å². The van der Waals surface area contributed by atoms with Gasteiger partial charge in [-0.15, -0.1) is 0 Å². The number of hydrogen-bond acceptors (Lipinski definition) is 5. The van der Waals surface area contributed by atoms with Crippen LogP contribution in [0, 0.1) is 0 Å². The third-order valence-corrected chi connectivity index (χ3v) is 13.6. The van der Waals surface area contributed by atoms with Gasteiger partial charge in [0, 0.05) is 28.0 Å². The van der Waals surface area contributed by atoms with Crippen LogP contribution >= 0.6 is 0 Å². The summed E-state index contributed by atoms with van der Waals surface area (Å²) in [5.41, 5.74) is 9.17. The molecule has 0 atom stereocenters. The van der Waals surface area contributed by atoms with E-state index in [4.69, 9.17) is 23.8 Å². The summed E-state index contributed by atoms with van der Waals surface area (Å²) in [6, 6.07) is 38.8. The van der Waals surface area contributed by atoms with Gasteiger partial charge in [0.25, 0.3) is 11.8 Å². The number of hydrogen-bond donors (Lipinski definition) is 0. The molecule has 0 unspecified atom stereocenters. The molecule has 0 saturated carbocycles. The number of ether oxygens (including phenoxy) is 2. The average Bonchev–Trinajstić information content (AvgIpc) is 3.99. The van der Waals surface area contributed by atoms with Crippen LogP contribution in [0.2, 0.25) is 0 Å². The zero-order chi connectivity index (χ0) is 55.8. The van der Waals surface area contributed by atoms with Crippen LogP contribution in [0.15, 0.2) is 138 Å². The zero-order valence-corrected chi connectivity index (χ0v) is 46.3. The number of methoxy groups -OCH3 is 2. The van der Waals surface area contributed by atoms with Gasteiger partial charge < -0.3 is 23.3 Å². The maximum absolute atomic E-state index is 15.3. The van der Waals surface area contributed by atoms with Crippen LogP contribution < -0.4 is 9.47 Å². The monoisotopic (exact) mass is 1040 g/mol. The van der Waals surface area contributed by atoms with Crippen molar-refractivity contribution in [2.45, 2.75) is 117 Å². The van der Waals surface area contributed by atoms with E-state index in [9.17, 15) is 8.78 Å². The largest absolute Gasteiger partial charge is 0.598 e. The van der Waals surface area contributed by atoms with Crippen molar-refractivity contribution in [3.63, 3.8) is 0 Å². The maximum Gasteiger partial charge on any atom is 0.598 e. The lowest BCUT2D eigenvalue weighted by Gasteiger charge is -2.27. The fourth-order valence-corrected chi connectivity index (χ4v) is 9.11. The summed E-state index contributed by atoms with van der Waals surface area (Å²) < 4.78 is 115. The highest BCUT2D eigenvalue weighted by Gasteiger charge is 2.42. The van der Waals surface area contributed by atoms with Crippen LogP contribution in [0.5, 0.6) is 11.5 Å². The Morgan fingerprint density at radius 3 is 1.28 bits per heavy atom. The van der Waals surface area contributed by atoms with Crippen LogP contribution in [0.3, 0.4) is 0 Å². The van der Waals surface area contributed by atoms with E-state index in [1.807, 2.05) is 84.9 Å². The van der Waals surface area contributed by atoms with Crippen molar-refractivity contribution in [2.75, 3.05) is 40.8 Å². The van der Waals surface area contributed by atoms with E-state index in [0.717, 1.165) is 33.4 Å². The minimum Gasteiger partial charge on any atom is -0.496 e. The molecule has 6 nitrogen and oxygen atoms in total. The zero-order valence-electron chi connectivity index (χ0n) is 46.3. The van der Waals surface area contributed by atoms with Gasteiger partial charge in [0.15, 0.2) is 13.3 Å². The third-order valence-electron chi connectivity index (χ3n) is 13.6. The van der Waals surface area contributed by atoms with Crippen molar-refractivity contribution >= 4 is 24.1 Å². The van der Waals surface area contributed by atoms with E-state index in [1.54, 1.807) is 18.2 Å². The van der Waals surface area contributed by atoms with Crippen molar-refractivity contribution in [3.8, 4) is 33.9 Å². The highest BCUT2D eigenvalue weighted by molar-refractivity contribution is 6.44. The van der Waals surface area contributed by atoms with Crippen LogP contribution in [-0.2, 0) is 31.0 Å². The van der Waals surface area contributed by atoms with E-state index in [1.165, 1.54) is 18.7 Å². The number of allylic oxidation sites excluding steroid dienone is 2. The number of rotatable bonds is 17. The fourth-order valence-electron chi connectivity index (χ4n) is 9.11. The first kappa shape index (κ1) is 57.4. The lowest BCUT2D eigenvalue weighted by Crippen LogP contribution is -2.42. The highest BCUT2D eigenvalue weighted by atomic mass is 19.3. The Balaban J connectivity index is 1.75. The Hall–Kier alpha value is -6.31. The molecule has 2 heterocycles. The molecule has 0 spiro atoms. The minimum atomic E-state index is -4.08. The third kappa shape index (κ3) is 12.7. The molecule has 7 rings (SSSR count). The van der Waals surface area contributed by atoms with Gasteiger partial charge in [-0.25, -0.2) is 31.3 Å². The molecule has 0 fully saturated rings. The molecule has 13 heteroatoms. The molecule has 5 aromatic carbocycles.